The van der Waals surface area contributed by atoms with Crippen molar-refractivity contribution in [3.63, 3.8) is 0 Å². The van der Waals surface area contributed by atoms with Gasteiger partial charge in [-0.2, -0.15) is 0 Å². The van der Waals surface area contributed by atoms with Gasteiger partial charge in [0.05, 0.1) is 12.1 Å². The van der Waals surface area contributed by atoms with Crippen molar-refractivity contribution in [1.82, 2.24) is 0 Å². The van der Waals surface area contributed by atoms with E-state index in [1.54, 1.807) is 13.0 Å². The average Bonchev–Trinajstić information content (AvgIpc) is 2.61. The van der Waals surface area contributed by atoms with Crippen molar-refractivity contribution in [3.05, 3.63) is 72.3 Å². The normalized spacial score (nSPS) is 15.0. The van der Waals surface area contributed by atoms with E-state index in [1.165, 1.54) is 0 Å². The van der Waals surface area contributed by atoms with Crippen LogP contribution in [0.2, 0.25) is 18.6 Å². The molecule has 0 N–H and O–H groups in total. The summed E-state index contributed by atoms with van der Waals surface area (Å²) in [6.45, 7) is 6.14. The molecular weight excluding hydrogens is 300 g/mol. The van der Waals surface area contributed by atoms with Crippen molar-refractivity contribution < 1.29 is 10.9 Å². The van der Waals surface area contributed by atoms with Crippen LogP contribution in [-0.4, -0.2) is 20.7 Å². The van der Waals surface area contributed by atoms with Gasteiger partial charge in [-0.25, -0.2) is 0 Å². The Labute approximate surface area is 141 Å². The predicted octanol–water partition coefficient (Wildman–Crippen LogP) is 4.25. The van der Waals surface area contributed by atoms with Gasteiger partial charge in [-0.1, -0.05) is 91.1 Å². The van der Waals surface area contributed by atoms with Crippen molar-refractivity contribution in [1.29, 1.82) is 0 Å². The Hall–Kier alpha value is -2.13. The first-order chi connectivity index (χ1) is 11.4. The Morgan fingerprint density at radius 2 is 1.70 bits per heavy atom. The molecule has 1 unspecified atom stereocenters. The number of ether oxygens (including phenoxy) is 1. The molecule has 0 bridgehead atoms. The Balaban J connectivity index is 2.47. The molecule has 0 amide bonds. The first-order valence-corrected chi connectivity index (χ1v) is 10.9. The van der Waals surface area contributed by atoms with Crippen molar-refractivity contribution >= 4 is 25.3 Å². The number of rotatable bonds is 6. The fraction of sp³-hybridized carbons (Fsp3) is 0.250. The van der Waals surface area contributed by atoms with Gasteiger partial charge in [0.1, 0.15) is 8.07 Å². The largest absolute Gasteiger partial charge is 0.466 e. The zero-order valence-corrected chi connectivity index (χ0v) is 15.0. The predicted molar refractivity (Wildman–Crippen MR) is 99.4 cm³/mol. The van der Waals surface area contributed by atoms with Gasteiger partial charge in [-0.15, -0.1) is 0 Å². The molecule has 120 valence electrons. The van der Waals surface area contributed by atoms with Gasteiger partial charge in [-0.3, -0.25) is 4.79 Å². The molecule has 0 heterocycles. The average molecular weight is 326 g/mol. The molecule has 0 aliphatic heterocycles. The minimum Gasteiger partial charge on any atom is -0.466 e. The van der Waals surface area contributed by atoms with E-state index in [0.717, 1.165) is 10.8 Å². The maximum Gasteiger partial charge on any atom is 0.310 e. The lowest BCUT2D eigenvalue weighted by Crippen LogP contribution is -2.48. The third kappa shape index (κ3) is 4.42. The van der Waals surface area contributed by atoms with Crippen LogP contribution in [0, 0.1) is 0 Å². The van der Waals surface area contributed by atoms with Gasteiger partial charge in [0.25, 0.3) is 0 Å². The highest BCUT2D eigenvalue weighted by atomic mass is 28.3. The fourth-order valence-electron chi connectivity index (χ4n) is 2.49. The minimum atomic E-state index is -2.48. The monoisotopic (exact) mass is 325 g/mol. The molecule has 0 radical (unpaired) electrons. The van der Waals surface area contributed by atoms with Crippen molar-refractivity contribution in [2.24, 2.45) is 0 Å². The SMILES string of the molecule is [2H]C(/C=C/c1ccccc1)(C(=O)OCC)[Si](C)(C)c1ccccc1. The lowest BCUT2D eigenvalue weighted by Gasteiger charge is -2.29. The van der Waals surface area contributed by atoms with Crippen molar-refractivity contribution in [2.75, 3.05) is 6.61 Å². The van der Waals surface area contributed by atoms with Crippen LogP contribution in [0.4, 0.5) is 0 Å². The summed E-state index contributed by atoms with van der Waals surface area (Å²) in [5.41, 5.74) is -0.420. The summed E-state index contributed by atoms with van der Waals surface area (Å²) in [6.07, 6.45) is 3.56. The molecule has 2 nitrogen and oxygen atoms in total. The van der Waals surface area contributed by atoms with Crippen LogP contribution in [-0.2, 0) is 9.53 Å². The molecule has 0 saturated heterocycles. The molecule has 0 aliphatic carbocycles. The zero-order chi connectivity index (χ0) is 17.6. The summed E-state index contributed by atoms with van der Waals surface area (Å²) >= 11 is 0. The van der Waals surface area contributed by atoms with E-state index >= 15 is 0 Å². The lowest BCUT2D eigenvalue weighted by atomic mass is 10.2. The maximum absolute atomic E-state index is 12.7. The molecule has 3 heteroatoms. The molecular formula is C20H24O2Si. The van der Waals surface area contributed by atoms with E-state index in [4.69, 9.17) is 6.11 Å². The minimum absolute atomic E-state index is 0.276. The quantitative estimate of drug-likeness (QED) is 0.586. The number of esters is 1. The highest BCUT2D eigenvalue weighted by molar-refractivity contribution is 6.93. The van der Waals surface area contributed by atoms with Crippen molar-refractivity contribution in [2.45, 2.75) is 25.5 Å². The third-order valence-electron chi connectivity index (χ3n) is 3.91. The van der Waals surface area contributed by atoms with Gasteiger partial charge >= 0.3 is 5.97 Å². The van der Waals surface area contributed by atoms with E-state index in [9.17, 15) is 4.79 Å². The Kier molecular flexibility index (Phi) is 5.43. The molecule has 23 heavy (non-hydrogen) atoms. The molecule has 1 atom stereocenters. The van der Waals surface area contributed by atoms with Crippen molar-refractivity contribution in [3.8, 4) is 0 Å². The van der Waals surface area contributed by atoms with Gasteiger partial charge in [-0.05, 0) is 12.5 Å². The smallest absolute Gasteiger partial charge is 0.310 e. The number of hydrogen-bond donors (Lipinski definition) is 0. The van der Waals surface area contributed by atoms with E-state index in [0.29, 0.717) is 0 Å². The summed E-state index contributed by atoms with van der Waals surface area (Å²) in [5.74, 6) is -0.474. The van der Waals surface area contributed by atoms with Crippen LogP contribution >= 0.6 is 0 Å². The summed E-state index contributed by atoms with van der Waals surface area (Å²) in [4.78, 5) is 12.7. The number of hydrogen-bond acceptors (Lipinski definition) is 2. The van der Waals surface area contributed by atoms with Crippen LogP contribution < -0.4 is 5.19 Å². The van der Waals surface area contributed by atoms with E-state index in [1.807, 2.05) is 79.8 Å². The molecule has 0 fully saturated rings. The third-order valence-corrected chi connectivity index (χ3v) is 7.40. The molecule has 0 aliphatic rings. The standard InChI is InChI=1S/C20H24O2Si/c1-4-22-20(21)19(16-15-17-11-7-5-8-12-17)23(2,3)18-13-9-6-10-14-18/h5-16,19H,4H2,1-3H3/b16-15+/i19D. The van der Waals surface area contributed by atoms with Crippen LogP contribution in [0.5, 0.6) is 0 Å². The van der Waals surface area contributed by atoms with Gasteiger partial charge in [0.15, 0.2) is 0 Å². The first kappa shape index (κ1) is 15.8. The Morgan fingerprint density at radius 3 is 2.26 bits per heavy atom. The number of carbonyl (C=O) groups excluding carboxylic acids is 1. The highest BCUT2D eigenvalue weighted by Gasteiger charge is 2.37. The first-order valence-electron chi connectivity index (χ1n) is 8.39. The Morgan fingerprint density at radius 1 is 1.13 bits per heavy atom. The van der Waals surface area contributed by atoms with Crippen LogP contribution in [0.3, 0.4) is 0 Å². The zero-order valence-electron chi connectivity index (χ0n) is 15.0. The fourth-order valence-corrected chi connectivity index (χ4v) is 4.91. The second-order valence-electron chi connectivity index (χ2n) is 5.87. The topological polar surface area (TPSA) is 26.3 Å². The van der Waals surface area contributed by atoms with Crippen LogP contribution in [0.25, 0.3) is 6.08 Å². The van der Waals surface area contributed by atoms with E-state index < -0.39 is 19.6 Å². The highest BCUT2D eigenvalue weighted by Crippen LogP contribution is 2.26. The summed E-state index contributed by atoms with van der Waals surface area (Å²) < 4.78 is 14.3. The van der Waals surface area contributed by atoms with E-state index in [-0.39, 0.29) is 6.61 Å². The molecule has 2 aromatic carbocycles. The molecule has 0 aromatic heterocycles. The van der Waals surface area contributed by atoms with E-state index in [2.05, 4.69) is 0 Å². The summed E-state index contributed by atoms with van der Waals surface area (Å²) in [5, 5.41) is 1.06. The summed E-state index contributed by atoms with van der Waals surface area (Å²) in [7, 11) is -2.48. The molecule has 2 aromatic rings. The number of carbonyl (C=O) groups is 1. The maximum atomic E-state index is 12.7. The Bertz CT molecular complexity index is 698. The van der Waals surface area contributed by atoms with Gasteiger partial charge < -0.3 is 4.74 Å². The second-order valence-corrected chi connectivity index (χ2v) is 10.2. The molecule has 0 spiro atoms. The van der Waals surface area contributed by atoms with Crippen LogP contribution in [0.15, 0.2) is 66.7 Å². The molecule has 0 saturated carbocycles. The van der Waals surface area contributed by atoms with Gasteiger partial charge in [0.2, 0.25) is 0 Å². The van der Waals surface area contributed by atoms with Gasteiger partial charge in [0, 0.05) is 1.37 Å². The van der Waals surface area contributed by atoms with Crippen LogP contribution in [0.1, 0.15) is 13.9 Å². The second kappa shape index (κ2) is 7.93. The summed E-state index contributed by atoms with van der Waals surface area (Å²) in [6, 6.07) is 19.6. The molecule has 2 rings (SSSR count). The lowest BCUT2D eigenvalue weighted by molar-refractivity contribution is -0.142. The number of benzene rings is 2.